The summed E-state index contributed by atoms with van der Waals surface area (Å²) in [5, 5.41) is 4.09. The summed E-state index contributed by atoms with van der Waals surface area (Å²) in [7, 11) is 0. The van der Waals surface area contributed by atoms with Crippen molar-refractivity contribution in [3.63, 3.8) is 0 Å². The Morgan fingerprint density at radius 2 is 1.86 bits per heavy atom. The summed E-state index contributed by atoms with van der Waals surface area (Å²) >= 11 is 12.2. The van der Waals surface area contributed by atoms with Crippen molar-refractivity contribution in [2.45, 2.75) is 19.4 Å². The highest BCUT2D eigenvalue weighted by molar-refractivity contribution is 6.35. The topological polar surface area (TPSA) is 82.3 Å². The standard InChI is InChI=1S/C21H17Cl2N3O3/c1-11-18(13-5-3-4-6-16(13)24-11)17(27)10-26-19(28)21(2,25-20(26)29)14-8-7-12(22)9-15(14)23/h3-9,24H,10H2,1-2H3,(H,25,29)/t21-/m0/s1. The van der Waals surface area contributed by atoms with Crippen molar-refractivity contribution < 1.29 is 14.4 Å². The van der Waals surface area contributed by atoms with Gasteiger partial charge in [0.2, 0.25) is 0 Å². The van der Waals surface area contributed by atoms with Gasteiger partial charge in [-0.3, -0.25) is 14.5 Å². The van der Waals surface area contributed by atoms with E-state index < -0.39 is 17.5 Å². The van der Waals surface area contributed by atoms with Gasteiger partial charge in [-0.05, 0) is 32.0 Å². The third-order valence-corrected chi connectivity index (χ3v) is 5.77. The lowest BCUT2D eigenvalue weighted by Gasteiger charge is -2.23. The van der Waals surface area contributed by atoms with Gasteiger partial charge in [0.15, 0.2) is 5.78 Å². The van der Waals surface area contributed by atoms with Gasteiger partial charge < -0.3 is 10.3 Å². The van der Waals surface area contributed by atoms with Crippen LogP contribution in [0.4, 0.5) is 4.79 Å². The third-order valence-electron chi connectivity index (χ3n) is 5.22. The molecule has 0 saturated carbocycles. The quantitative estimate of drug-likeness (QED) is 0.475. The molecule has 3 aromatic rings. The molecule has 1 saturated heterocycles. The van der Waals surface area contributed by atoms with Gasteiger partial charge in [-0.2, -0.15) is 0 Å². The minimum absolute atomic E-state index is 0.259. The van der Waals surface area contributed by atoms with Gasteiger partial charge in [0.05, 0.1) is 6.54 Å². The molecule has 1 atom stereocenters. The molecule has 0 spiro atoms. The number of Topliss-reactive ketones (excluding diaryl/α,β-unsaturated/α-hetero) is 1. The van der Waals surface area contributed by atoms with Crippen LogP contribution in [-0.4, -0.2) is 34.2 Å². The van der Waals surface area contributed by atoms with Crippen LogP contribution in [0, 0.1) is 6.92 Å². The molecular weight excluding hydrogens is 413 g/mol. The van der Waals surface area contributed by atoms with Crippen LogP contribution in [0.25, 0.3) is 10.9 Å². The van der Waals surface area contributed by atoms with Crippen molar-refractivity contribution in [3.05, 3.63) is 69.3 Å². The lowest BCUT2D eigenvalue weighted by Crippen LogP contribution is -2.41. The normalized spacial score (nSPS) is 19.1. The van der Waals surface area contributed by atoms with E-state index in [9.17, 15) is 14.4 Å². The monoisotopic (exact) mass is 429 g/mol. The van der Waals surface area contributed by atoms with Crippen molar-refractivity contribution >= 4 is 51.8 Å². The van der Waals surface area contributed by atoms with Crippen LogP contribution in [0.3, 0.4) is 0 Å². The fourth-order valence-corrected chi connectivity index (χ4v) is 4.37. The molecule has 0 bridgehead atoms. The molecule has 1 aliphatic rings. The number of fused-ring (bicyclic) bond motifs is 1. The minimum Gasteiger partial charge on any atom is -0.358 e. The molecule has 8 heteroatoms. The van der Waals surface area contributed by atoms with Crippen molar-refractivity contribution in [1.29, 1.82) is 0 Å². The van der Waals surface area contributed by atoms with Crippen molar-refractivity contribution in [3.8, 4) is 0 Å². The van der Waals surface area contributed by atoms with E-state index >= 15 is 0 Å². The van der Waals surface area contributed by atoms with Gasteiger partial charge in [-0.15, -0.1) is 0 Å². The van der Waals surface area contributed by atoms with Crippen molar-refractivity contribution in [2.24, 2.45) is 0 Å². The number of aryl methyl sites for hydroxylation is 1. The Balaban J connectivity index is 1.66. The Labute approximate surface area is 176 Å². The van der Waals surface area contributed by atoms with E-state index in [0.717, 1.165) is 15.8 Å². The maximum atomic E-state index is 13.1. The third kappa shape index (κ3) is 3.09. The lowest BCUT2D eigenvalue weighted by molar-refractivity contribution is -0.130. The second kappa shape index (κ2) is 6.90. The number of benzene rings is 2. The van der Waals surface area contributed by atoms with Crippen LogP contribution in [0.2, 0.25) is 10.0 Å². The van der Waals surface area contributed by atoms with E-state index in [4.69, 9.17) is 23.2 Å². The van der Waals surface area contributed by atoms with Crippen molar-refractivity contribution in [1.82, 2.24) is 15.2 Å². The van der Waals surface area contributed by atoms with Gasteiger partial charge in [0.25, 0.3) is 5.91 Å². The highest BCUT2D eigenvalue weighted by Crippen LogP contribution is 2.35. The first-order valence-corrected chi connectivity index (χ1v) is 9.68. The number of carbonyl (C=O) groups excluding carboxylic acids is 3. The minimum atomic E-state index is -1.38. The Morgan fingerprint density at radius 1 is 1.14 bits per heavy atom. The van der Waals surface area contributed by atoms with Gasteiger partial charge in [-0.1, -0.05) is 47.5 Å². The fraction of sp³-hybridized carbons (Fsp3) is 0.190. The van der Waals surface area contributed by atoms with E-state index in [1.54, 1.807) is 26.0 Å². The molecule has 0 unspecified atom stereocenters. The summed E-state index contributed by atoms with van der Waals surface area (Å²) in [5.74, 6) is -0.868. The highest BCUT2D eigenvalue weighted by Gasteiger charge is 2.50. The zero-order chi connectivity index (χ0) is 20.9. The number of imide groups is 1. The number of hydrogen-bond donors (Lipinski definition) is 2. The summed E-state index contributed by atoms with van der Waals surface area (Å²) in [4.78, 5) is 42.8. The molecule has 6 nitrogen and oxygen atoms in total. The average molecular weight is 430 g/mol. The molecule has 0 radical (unpaired) electrons. The van der Waals surface area contributed by atoms with Gasteiger partial charge in [0.1, 0.15) is 5.54 Å². The highest BCUT2D eigenvalue weighted by atomic mass is 35.5. The number of aromatic amines is 1. The number of H-pyrrole nitrogens is 1. The number of aromatic nitrogens is 1. The Morgan fingerprint density at radius 3 is 2.59 bits per heavy atom. The number of nitrogens with one attached hydrogen (secondary N) is 2. The smallest absolute Gasteiger partial charge is 0.325 e. The predicted molar refractivity (Wildman–Crippen MR) is 111 cm³/mol. The molecule has 2 N–H and O–H groups in total. The number of para-hydroxylation sites is 1. The van der Waals surface area contributed by atoms with E-state index in [-0.39, 0.29) is 17.4 Å². The maximum absolute atomic E-state index is 13.1. The van der Waals surface area contributed by atoms with E-state index in [1.165, 1.54) is 6.07 Å². The number of amides is 3. The Kier molecular flexibility index (Phi) is 4.63. The van der Waals surface area contributed by atoms with Crippen LogP contribution >= 0.6 is 23.2 Å². The lowest BCUT2D eigenvalue weighted by atomic mass is 9.92. The number of urea groups is 1. The number of carbonyl (C=O) groups is 3. The first kappa shape index (κ1) is 19.5. The summed E-state index contributed by atoms with van der Waals surface area (Å²) in [6.07, 6.45) is 0. The summed E-state index contributed by atoms with van der Waals surface area (Å²) in [5.41, 5.74) is 1.02. The van der Waals surface area contributed by atoms with Crippen LogP contribution in [0.1, 0.15) is 28.5 Å². The van der Waals surface area contributed by atoms with E-state index in [1.807, 2.05) is 24.3 Å². The summed E-state index contributed by atoms with van der Waals surface area (Å²) < 4.78 is 0. The molecule has 2 heterocycles. The van der Waals surface area contributed by atoms with Crippen LogP contribution in [0.15, 0.2) is 42.5 Å². The number of ketones is 1. The molecule has 1 aromatic heterocycles. The zero-order valence-electron chi connectivity index (χ0n) is 15.7. The number of hydrogen-bond acceptors (Lipinski definition) is 3. The molecule has 3 amide bonds. The first-order chi connectivity index (χ1) is 13.7. The molecular formula is C21H17Cl2N3O3. The summed E-state index contributed by atoms with van der Waals surface area (Å²) in [6, 6.07) is 11.4. The molecule has 29 heavy (non-hydrogen) atoms. The number of nitrogens with zero attached hydrogens (tertiary/aromatic N) is 1. The first-order valence-electron chi connectivity index (χ1n) is 8.92. The Hall–Kier alpha value is -2.83. The van der Waals surface area contributed by atoms with E-state index in [0.29, 0.717) is 21.8 Å². The van der Waals surface area contributed by atoms with Crippen molar-refractivity contribution in [2.75, 3.05) is 6.54 Å². The second-order valence-electron chi connectivity index (χ2n) is 7.16. The molecule has 1 fully saturated rings. The molecule has 148 valence electrons. The molecule has 0 aliphatic carbocycles. The average Bonchev–Trinajstić information content (AvgIpc) is 3.10. The summed E-state index contributed by atoms with van der Waals surface area (Å²) in [6.45, 7) is 2.98. The second-order valence-corrected chi connectivity index (χ2v) is 8.01. The largest absolute Gasteiger partial charge is 0.358 e. The van der Waals surface area contributed by atoms with Crippen LogP contribution < -0.4 is 5.32 Å². The van der Waals surface area contributed by atoms with Gasteiger partial charge in [-0.25, -0.2) is 4.79 Å². The van der Waals surface area contributed by atoms with Gasteiger partial charge >= 0.3 is 6.03 Å². The molecule has 4 rings (SSSR count). The van der Waals surface area contributed by atoms with Crippen LogP contribution in [0.5, 0.6) is 0 Å². The molecule has 2 aromatic carbocycles. The van der Waals surface area contributed by atoms with E-state index in [2.05, 4.69) is 10.3 Å². The SMILES string of the molecule is Cc1[nH]c2ccccc2c1C(=O)CN1C(=O)N[C@@](C)(c2ccc(Cl)cc2Cl)C1=O. The Bertz CT molecular complexity index is 1190. The van der Waals surface area contributed by atoms with Crippen LogP contribution in [-0.2, 0) is 10.3 Å². The fourth-order valence-electron chi connectivity index (χ4n) is 3.78. The maximum Gasteiger partial charge on any atom is 0.325 e. The van der Waals surface area contributed by atoms with Gasteiger partial charge in [0, 0.05) is 37.8 Å². The predicted octanol–water partition coefficient (Wildman–Crippen LogP) is 4.43. The number of halogens is 2. The number of rotatable bonds is 4. The molecule has 1 aliphatic heterocycles. The zero-order valence-corrected chi connectivity index (χ0v) is 17.2.